The summed E-state index contributed by atoms with van der Waals surface area (Å²) in [6.45, 7) is -0.0271. The first kappa shape index (κ1) is 9.25. The lowest BCUT2D eigenvalue weighted by Gasteiger charge is -2.06. The second kappa shape index (κ2) is 3.82. The van der Waals surface area contributed by atoms with Crippen LogP contribution >= 0.6 is 0 Å². The Morgan fingerprint density at radius 3 is 2.29 bits per heavy atom. The van der Waals surface area contributed by atoms with E-state index in [2.05, 4.69) is 0 Å². The van der Waals surface area contributed by atoms with E-state index in [9.17, 15) is 0 Å². The van der Waals surface area contributed by atoms with E-state index < -0.39 is 0 Å². The van der Waals surface area contributed by atoms with Crippen LogP contribution in [0.3, 0.4) is 0 Å². The minimum absolute atomic E-state index is 0.0271. The van der Waals surface area contributed by atoms with Crippen molar-refractivity contribution in [2.24, 2.45) is 0 Å². The van der Waals surface area contributed by atoms with Crippen LogP contribution in [0, 0.1) is 0 Å². The van der Waals surface area contributed by atoms with Crippen LogP contribution in [0.4, 0.5) is 0 Å². The number of rotatable bonds is 2. The van der Waals surface area contributed by atoms with Crippen LogP contribution in [0.2, 0.25) is 0 Å². The standard InChI is InChI=1S/C11H11BO2/c13-7-10-5-8-3-1-2-4-9(8)6-11(10)12-14/h1-6,12-14H,7H2. The molecule has 0 bridgehead atoms. The van der Waals surface area contributed by atoms with E-state index in [4.69, 9.17) is 10.1 Å². The van der Waals surface area contributed by atoms with E-state index in [1.165, 1.54) is 0 Å². The van der Waals surface area contributed by atoms with Crippen molar-refractivity contribution < 1.29 is 10.1 Å². The maximum atomic E-state index is 9.10. The van der Waals surface area contributed by atoms with Gasteiger partial charge in [0.05, 0.1) is 6.61 Å². The summed E-state index contributed by atoms with van der Waals surface area (Å²) in [4.78, 5) is 0. The Morgan fingerprint density at radius 1 is 1.07 bits per heavy atom. The lowest BCUT2D eigenvalue weighted by molar-refractivity contribution is 0.283. The summed E-state index contributed by atoms with van der Waals surface area (Å²) in [5, 5.41) is 20.4. The topological polar surface area (TPSA) is 40.5 Å². The molecule has 2 N–H and O–H groups in total. The third-order valence-electron chi connectivity index (χ3n) is 2.41. The lowest BCUT2D eigenvalue weighted by atomic mass is 9.83. The summed E-state index contributed by atoms with van der Waals surface area (Å²) in [5.74, 6) is 0. The molecule has 0 amide bonds. The van der Waals surface area contributed by atoms with E-state index in [0.29, 0.717) is 0 Å². The predicted octanol–water partition coefficient (Wildman–Crippen LogP) is 0.301. The number of fused-ring (bicyclic) bond motifs is 1. The Balaban J connectivity index is 2.69. The average Bonchev–Trinajstić information content (AvgIpc) is 2.27. The largest absolute Gasteiger partial charge is 0.449 e. The molecule has 2 aromatic rings. The molecule has 14 heavy (non-hydrogen) atoms. The van der Waals surface area contributed by atoms with Crippen molar-refractivity contribution in [1.82, 2.24) is 0 Å². The molecule has 2 rings (SSSR count). The fraction of sp³-hybridized carbons (Fsp3) is 0.0909. The Kier molecular flexibility index (Phi) is 2.52. The molecule has 2 aromatic carbocycles. The van der Waals surface area contributed by atoms with Gasteiger partial charge in [-0.25, -0.2) is 0 Å². The Morgan fingerprint density at radius 2 is 1.71 bits per heavy atom. The van der Waals surface area contributed by atoms with Crippen molar-refractivity contribution in [3.8, 4) is 0 Å². The normalized spacial score (nSPS) is 10.4. The molecule has 0 aliphatic heterocycles. The summed E-state index contributed by atoms with van der Waals surface area (Å²) in [7, 11) is -0.0271. The molecular formula is C11H11BO2. The van der Waals surface area contributed by atoms with Gasteiger partial charge in [-0.1, -0.05) is 30.3 Å². The van der Waals surface area contributed by atoms with Gasteiger partial charge in [0, 0.05) is 0 Å². The van der Waals surface area contributed by atoms with Crippen molar-refractivity contribution >= 4 is 23.7 Å². The second-order valence-corrected chi connectivity index (χ2v) is 3.28. The van der Waals surface area contributed by atoms with Crippen LogP contribution in [0.5, 0.6) is 0 Å². The average molecular weight is 186 g/mol. The molecule has 70 valence electrons. The Labute approximate surface area is 83.1 Å². The van der Waals surface area contributed by atoms with Gasteiger partial charge in [0.1, 0.15) is 0 Å². The van der Waals surface area contributed by atoms with Crippen LogP contribution in [0.15, 0.2) is 36.4 Å². The fourth-order valence-electron chi connectivity index (χ4n) is 1.63. The summed E-state index contributed by atoms with van der Waals surface area (Å²) in [6.07, 6.45) is 0. The van der Waals surface area contributed by atoms with Gasteiger partial charge in [-0.3, -0.25) is 0 Å². The van der Waals surface area contributed by atoms with Gasteiger partial charge >= 0.3 is 7.48 Å². The number of aliphatic hydroxyl groups is 1. The SMILES string of the molecule is OBc1cc2ccccc2cc1CO. The van der Waals surface area contributed by atoms with Gasteiger partial charge in [0.15, 0.2) is 0 Å². The highest BCUT2D eigenvalue weighted by Gasteiger charge is 2.03. The zero-order valence-electron chi connectivity index (χ0n) is 7.77. The molecule has 0 atom stereocenters. The van der Waals surface area contributed by atoms with Crippen LogP contribution in [0.25, 0.3) is 10.8 Å². The molecule has 3 heteroatoms. The van der Waals surface area contributed by atoms with Gasteiger partial charge in [0.25, 0.3) is 0 Å². The minimum Gasteiger partial charge on any atom is -0.449 e. The predicted molar refractivity (Wildman–Crippen MR) is 58.9 cm³/mol. The number of hydrogen-bond acceptors (Lipinski definition) is 2. The van der Waals surface area contributed by atoms with Gasteiger partial charge in [-0.2, -0.15) is 0 Å². The highest BCUT2D eigenvalue weighted by molar-refractivity contribution is 6.46. The van der Waals surface area contributed by atoms with E-state index in [0.717, 1.165) is 21.8 Å². The van der Waals surface area contributed by atoms with Gasteiger partial charge in [-0.15, -0.1) is 0 Å². The summed E-state index contributed by atoms with van der Waals surface area (Å²) in [6, 6.07) is 11.7. The van der Waals surface area contributed by atoms with Crippen molar-refractivity contribution in [3.05, 3.63) is 42.0 Å². The van der Waals surface area contributed by atoms with Crippen molar-refractivity contribution in [2.45, 2.75) is 6.61 Å². The monoisotopic (exact) mass is 186 g/mol. The van der Waals surface area contributed by atoms with Gasteiger partial charge < -0.3 is 10.1 Å². The number of aliphatic hydroxyl groups excluding tert-OH is 1. The second-order valence-electron chi connectivity index (χ2n) is 3.28. The highest BCUT2D eigenvalue weighted by Crippen LogP contribution is 2.13. The molecule has 0 saturated carbocycles. The van der Waals surface area contributed by atoms with E-state index in [1.807, 2.05) is 36.4 Å². The van der Waals surface area contributed by atoms with Crippen molar-refractivity contribution in [1.29, 1.82) is 0 Å². The molecule has 0 aliphatic carbocycles. The first-order valence-electron chi connectivity index (χ1n) is 4.57. The molecule has 0 radical (unpaired) electrons. The first-order valence-corrected chi connectivity index (χ1v) is 4.57. The molecular weight excluding hydrogens is 175 g/mol. The molecule has 0 saturated heterocycles. The smallest absolute Gasteiger partial charge is 0.305 e. The van der Waals surface area contributed by atoms with Crippen LogP contribution in [-0.2, 0) is 6.61 Å². The maximum absolute atomic E-state index is 9.10. The third kappa shape index (κ3) is 1.52. The quantitative estimate of drug-likeness (QED) is 0.662. The Bertz CT molecular complexity index is 411. The van der Waals surface area contributed by atoms with Crippen LogP contribution in [-0.4, -0.2) is 17.6 Å². The highest BCUT2D eigenvalue weighted by atomic mass is 16.3. The zero-order valence-corrected chi connectivity index (χ0v) is 7.77. The molecule has 0 aromatic heterocycles. The first-order chi connectivity index (χ1) is 6.85. The molecule has 0 unspecified atom stereocenters. The van der Waals surface area contributed by atoms with E-state index in [-0.39, 0.29) is 14.1 Å². The maximum Gasteiger partial charge on any atom is 0.305 e. The molecule has 0 spiro atoms. The lowest BCUT2D eigenvalue weighted by Crippen LogP contribution is -2.18. The van der Waals surface area contributed by atoms with Gasteiger partial charge in [0.2, 0.25) is 0 Å². The van der Waals surface area contributed by atoms with Crippen molar-refractivity contribution in [2.75, 3.05) is 0 Å². The van der Waals surface area contributed by atoms with Gasteiger partial charge in [-0.05, 0) is 27.9 Å². The van der Waals surface area contributed by atoms with Crippen LogP contribution in [0.1, 0.15) is 5.56 Å². The molecule has 2 nitrogen and oxygen atoms in total. The zero-order chi connectivity index (χ0) is 9.97. The number of hydrogen-bond donors (Lipinski definition) is 2. The number of benzene rings is 2. The van der Waals surface area contributed by atoms with Crippen molar-refractivity contribution in [3.63, 3.8) is 0 Å². The van der Waals surface area contributed by atoms with E-state index in [1.54, 1.807) is 0 Å². The summed E-state index contributed by atoms with van der Waals surface area (Å²) in [5.41, 5.74) is 1.59. The molecule has 0 heterocycles. The minimum atomic E-state index is -0.0271. The van der Waals surface area contributed by atoms with E-state index >= 15 is 0 Å². The fourth-order valence-corrected chi connectivity index (χ4v) is 1.63. The summed E-state index contributed by atoms with van der Waals surface area (Å²) < 4.78 is 0. The molecule has 0 aliphatic rings. The Hall–Kier alpha value is -1.32. The molecule has 0 fully saturated rings. The third-order valence-corrected chi connectivity index (χ3v) is 2.41. The van der Waals surface area contributed by atoms with Crippen LogP contribution < -0.4 is 5.46 Å². The summed E-state index contributed by atoms with van der Waals surface area (Å²) >= 11 is 0.